The number of carbonyl (C=O) groups excluding carboxylic acids is 1. The van der Waals surface area contributed by atoms with Crippen molar-refractivity contribution in [3.05, 3.63) is 56.3 Å². The zero-order valence-electron chi connectivity index (χ0n) is 12.6. The first-order valence-corrected chi connectivity index (χ1v) is 7.58. The first-order valence-electron chi connectivity index (χ1n) is 6.77. The minimum Gasteiger partial charge on any atom is -0.474 e. The molecular weight excluding hydrogens is 318 g/mol. The number of nitrogens with zero attached hydrogens (tertiary/aromatic N) is 2. The molecule has 0 saturated carbocycles. The summed E-state index contributed by atoms with van der Waals surface area (Å²) in [6.45, 7) is 3.47. The molecule has 0 aliphatic carbocycles. The molecular formula is C15H15N3O4S. The third kappa shape index (κ3) is 4.62. The molecule has 120 valence electrons. The molecule has 0 aliphatic heterocycles. The Morgan fingerprint density at radius 1 is 1.39 bits per heavy atom. The van der Waals surface area contributed by atoms with Gasteiger partial charge in [0.1, 0.15) is 0 Å². The van der Waals surface area contributed by atoms with Gasteiger partial charge in [0.25, 0.3) is 5.91 Å². The van der Waals surface area contributed by atoms with Crippen molar-refractivity contribution in [2.75, 3.05) is 0 Å². The SMILES string of the molecule is Cc1ccc(/C=N\NC(=O)[C@@H](C)Oc2ccccc2[N+](=O)[O-])s1. The van der Waals surface area contributed by atoms with Crippen LogP contribution in [0.2, 0.25) is 0 Å². The number of nitro groups is 1. The molecule has 1 atom stereocenters. The highest BCUT2D eigenvalue weighted by Crippen LogP contribution is 2.26. The Kier molecular flexibility index (Phi) is 5.42. The summed E-state index contributed by atoms with van der Waals surface area (Å²) in [6.07, 6.45) is 0.617. The minimum absolute atomic E-state index is 0.0398. The van der Waals surface area contributed by atoms with Crippen LogP contribution in [-0.2, 0) is 4.79 Å². The van der Waals surface area contributed by atoms with Gasteiger partial charge < -0.3 is 4.74 Å². The Morgan fingerprint density at radius 3 is 2.78 bits per heavy atom. The van der Waals surface area contributed by atoms with E-state index in [1.807, 2.05) is 19.1 Å². The third-order valence-electron chi connectivity index (χ3n) is 2.86. The Labute approximate surface area is 136 Å². The Balaban J connectivity index is 1.95. The van der Waals surface area contributed by atoms with Crippen molar-refractivity contribution in [3.8, 4) is 5.75 Å². The Hall–Kier alpha value is -2.74. The predicted octanol–water partition coefficient (Wildman–Crippen LogP) is 2.88. The lowest BCUT2D eigenvalue weighted by atomic mass is 10.3. The highest BCUT2D eigenvalue weighted by Gasteiger charge is 2.20. The first-order chi connectivity index (χ1) is 11.0. The fourth-order valence-corrected chi connectivity index (χ4v) is 2.47. The second-order valence-corrected chi connectivity index (χ2v) is 5.99. The fraction of sp³-hybridized carbons (Fsp3) is 0.200. The van der Waals surface area contributed by atoms with E-state index in [0.29, 0.717) is 0 Å². The van der Waals surface area contributed by atoms with Crippen LogP contribution in [0.25, 0.3) is 0 Å². The number of nitrogens with one attached hydrogen (secondary N) is 1. The van der Waals surface area contributed by atoms with Gasteiger partial charge in [-0.05, 0) is 32.0 Å². The molecule has 0 fully saturated rings. The fourth-order valence-electron chi connectivity index (χ4n) is 1.72. The molecule has 0 unspecified atom stereocenters. The van der Waals surface area contributed by atoms with Crippen molar-refractivity contribution >= 4 is 29.1 Å². The van der Waals surface area contributed by atoms with Crippen LogP contribution in [0, 0.1) is 17.0 Å². The normalized spacial score (nSPS) is 12.1. The van der Waals surface area contributed by atoms with E-state index in [1.54, 1.807) is 17.4 Å². The van der Waals surface area contributed by atoms with E-state index in [1.165, 1.54) is 31.3 Å². The number of benzene rings is 1. The monoisotopic (exact) mass is 333 g/mol. The number of thiophene rings is 1. The lowest BCUT2D eigenvalue weighted by Crippen LogP contribution is -2.33. The number of hydrogen-bond acceptors (Lipinski definition) is 6. The van der Waals surface area contributed by atoms with E-state index in [-0.39, 0.29) is 11.4 Å². The molecule has 1 amide bonds. The second kappa shape index (κ2) is 7.50. The molecule has 0 bridgehead atoms. The summed E-state index contributed by atoms with van der Waals surface area (Å²) < 4.78 is 5.35. The van der Waals surface area contributed by atoms with E-state index in [0.717, 1.165) is 9.75 Å². The van der Waals surface area contributed by atoms with Gasteiger partial charge in [-0.15, -0.1) is 11.3 Å². The maximum atomic E-state index is 11.9. The number of aryl methyl sites for hydroxylation is 1. The van der Waals surface area contributed by atoms with E-state index in [2.05, 4.69) is 10.5 Å². The molecule has 1 aromatic carbocycles. The summed E-state index contributed by atoms with van der Waals surface area (Å²) in [5, 5.41) is 14.8. The van der Waals surface area contributed by atoms with E-state index in [9.17, 15) is 14.9 Å². The van der Waals surface area contributed by atoms with Crippen LogP contribution < -0.4 is 10.2 Å². The number of carbonyl (C=O) groups is 1. The van der Waals surface area contributed by atoms with Crippen LogP contribution in [0.15, 0.2) is 41.5 Å². The number of para-hydroxylation sites is 2. The van der Waals surface area contributed by atoms with Crippen molar-refractivity contribution < 1.29 is 14.5 Å². The van der Waals surface area contributed by atoms with Crippen LogP contribution >= 0.6 is 11.3 Å². The van der Waals surface area contributed by atoms with E-state index >= 15 is 0 Å². The van der Waals surface area contributed by atoms with Crippen molar-refractivity contribution in [2.24, 2.45) is 5.10 Å². The van der Waals surface area contributed by atoms with Crippen LogP contribution in [0.1, 0.15) is 16.7 Å². The molecule has 1 N–H and O–H groups in total. The van der Waals surface area contributed by atoms with Gasteiger partial charge in [-0.25, -0.2) is 5.43 Å². The van der Waals surface area contributed by atoms with Gasteiger partial charge in [-0.3, -0.25) is 14.9 Å². The summed E-state index contributed by atoms with van der Waals surface area (Å²) in [4.78, 5) is 24.3. The molecule has 0 spiro atoms. The summed E-state index contributed by atoms with van der Waals surface area (Å²) in [5.74, 6) is -0.453. The van der Waals surface area contributed by atoms with E-state index in [4.69, 9.17) is 4.74 Å². The number of amides is 1. The van der Waals surface area contributed by atoms with Gasteiger partial charge in [-0.1, -0.05) is 12.1 Å². The largest absolute Gasteiger partial charge is 0.474 e. The highest BCUT2D eigenvalue weighted by atomic mass is 32.1. The smallest absolute Gasteiger partial charge is 0.310 e. The summed E-state index contributed by atoms with van der Waals surface area (Å²) in [7, 11) is 0. The molecule has 7 nitrogen and oxygen atoms in total. The average molecular weight is 333 g/mol. The number of hydrogen-bond donors (Lipinski definition) is 1. The maximum Gasteiger partial charge on any atom is 0.310 e. The van der Waals surface area contributed by atoms with Crippen LogP contribution in [0.4, 0.5) is 5.69 Å². The zero-order valence-corrected chi connectivity index (χ0v) is 13.4. The first kappa shape index (κ1) is 16.6. The van der Waals surface area contributed by atoms with Crippen molar-refractivity contribution in [1.29, 1.82) is 0 Å². The summed E-state index contributed by atoms with van der Waals surface area (Å²) in [5.41, 5.74) is 2.16. The van der Waals surface area contributed by atoms with Gasteiger partial charge in [0.05, 0.1) is 11.1 Å². The van der Waals surface area contributed by atoms with Crippen LogP contribution in [0.5, 0.6) is 5.75 Å². The Bertz CT molecular complexity index is 742. The lowest BCUT2D eigenvalue weighted by molar-refractivity contribution is -0.386. The molecule has 2 aromatic rings. The second-order valence-electron chi connectivity index (χ2n) is 4.67. The molecule has 0 aliphatic rings. The summed E-state index contributed by atoms with van der Waals surface area (Å²) in [6, 6.07) is 9.74. The minimum atomic E-state index is -0.918. The molecule has 1 aromatic heterocycles. The zero-order chi connectivity index (χ0) is 16.8. The summed E-state index contributed by atoms with van der Waals surface area (Å²) >= 11 is 1.55. The van der Waals surface area contributed by atoms with E-state index < -0.39 is 16.9 Å². The maximum absolute atomic E-state index is 11.9. The van der Waals surface area contributed by atoms with Gasteiger partial charge in [-0.2, -0.15) is 5.10 Å². The van der Waals surface area contributed by atoms with Crippen molar-refractivity contribution in [3.63, 3.8) is 0 Å². The molecule has 23 heavy (non-hydrogen) atoms. The third-order valence-corrected chi connectivity index (χ3v) is 3.80. The van der Waals surface area contributed by atoms with Gasteiger partial charge in [0.2, 0.25) is 0 Å². The Morgan fingerprint density at radius 2 is 2.13 bits per heavy atom. The number of rotatable bonds is 6. The molecule has 8 heteroatoms. The van der Waals surface area contributed by atoms with Gasteiger partial charge in [0, 0.05) is 15.8 Å². The number of hydrazone groups is 1. The van der Waals surface area contributed by atoms with Crippen molar-refractivity contribution in [1.82, 2.24) is 5.43 Å². The molecule has 1 heterocycles. The van der Waals surface area contributed by atoms with Crippen LogP contribution in [-0.4, -0.2) is 23.1 Å². The molecule has 2 rings (SSSR count). The standard InChI is InChI=1S/C15H15N3O4S/c1-10-7-8-12(23-10)9-16-17-15(19)11(2)22-14-6-4-3-5-13(14)18(20)21/h3-9,11H,1-2H3,(H,17,19)/b16-9-/t11-/m1/s1. The molecule has 0 saturated heterocycles. The van der Waals surface area contributed by atoms with Crippen LogP contribution in [0.3, 0.4) is 0 Å². The van der Waals surface area contributed by atoms with Crippen molar-refractivity contribution in [2.45, 2.75) is 20.0 Å². The lowest BCUT2D eigenvalue weighted by Gasteiger charge is -2.12. The number of ether oxygens (including phenoxy) is 1. The highest BCUT2D eigenvalue weighted by molar-refractivity contribution is 7.13. The molecule has 0 radical (unpaired) electrons. The average Bonchev–Trinajstić information content (AvgIpc) is 2.93. The van der Waals surface area contributed by atoms with Gasteiger partial charge >= 0.3 is 5.69 Å². The number of nitro benzene ring substituents is 1. The predicted molar refractivity (Wildman–Crippen MR) is 88.0 cm³/mol. The van der Waals surface area contributed by atoms with Gasteiger partial charge in [0.15, 0.2) is 11.9 Å². The quantitative estimate of drug-likeness (QED) is 0.499. The topological polar surface area (TPSA) is 93.8 Å².